The van der Waals surface area contributed by atoms with Gasteiger partial charge in [-0.05, 0) is 74.9 Å². The van der Waals surface area contributed by atoms with Crippen LogP contribution < -0.4 is 0 Å². The van der Waals surface area contributed by atoms with Crippen molar-refractivity contribution in [1.82, 2.24) is 4.57 Å². The summed E-state index contributed by atoms with van der Waals surface area (Å²) in [5.74, 6) is 0. The maximum atomic E-state index is 9.62. The molecule has 2 aromatic carbocycles. The molecule has 0 bridgehead atoms. The van der Waals surface area contributed by atoms with Crippen molar-refractivity contribution in [2.75, 3.05) is 0 Å². The summed E-state index contributed by atoms with van der Waals surface area (Å²) in [6.45, 7) is 12.2. The average molecular weight is 315 g/mol. The second-order valence-corrected chi connectivity index (χ2v) is 6.73. The van der Waals surface area contributed by atoms with E-state index in [9.17, 15) is 10.5 Å². The monoisotopic (exact) mass is 315 g/mol. The second kappa shape index (κ2) is 5.11. The van der Waals surface area contributed by atoms with Gasteiger partial charge in [-0.3, -0.25) is 0 Å². The number of hydrogen-bond donors (Lipinski definition) is 0. The molecule has 0 spiro atoms. The topological polar surface area (TPSA) is 52.5 Å². The molecule has 0 fully saturated rings. The van der Waals surface area contributed by atoms with Crippen LogP contribution in [0.25, 0.3) is 21.8 Å². The highest BCUT2D eigenvalue weighted by Crippen LogP contribution is 2.41. The summed E-state index contributed by atoms with van der Waals surface area (Å²) in [5.41, 5.74) is 10.2. The van der Waals surface area contributed by atoms with Gasteiger partial charge in [0.15, 0.2) is 0 Å². The van der Waals surface area contributed by atoms with E-state index < -0.39 is 0 Å². The number of aromatic nitrogens is 1. The summed E-state index contributed by atoms with van der Waals surface area (Å²) < 4.78 is 2.23. The van der Waals surface area contributed by atoms with E-state index in [1.165, 1.54) is 11.0 Å². The van der Waals surface area contributed by atoms with Crippen LogP contribution in [0.15, 0.2) is 0 Å². The number of nitrogens with zero attached hydrogens (tertiary/aromatic N) is 3. The number of aryl methyl sites for hydroxylation is 5. The van der Waals surface area contributed by atoms with Crippen LogP contribution in [0.1, 0.15) is 44.5 Å². The Balaban J connectivity index is 2.83. The highest BCUT2D eigenvalue weighted by molar-refractivity contribution is 6.14. The third kappa shape index (κ3) is 1.70. The van der Waals surface area contributed by atoms with Crippen molar-refractivity contribution in [2.24, 2.45) is 7.05 Å². The molecule has 0 radical (unpaired) electrons. The third-order valence-electron chi connectivity index (χ3n) is 5.70. The minimum absolute atomic E-state index is 0.753. The van der Waals surface area contributed by atoms with Gasteiger partial charge in [0.2, 0.25) is 0 Å². The lowest BCUT2D eigenvalue weighted by atomic mass is 9.90. The molecule has 0 unspecified atom stereocenters. The Morgan fingerprint density at radius 2 is 0.917 bits per heavy atom. The van der Waals surface area contributed by atoms with Crippen LogP contribution in [0.4, 0.5) is 0 Å². The van der Waals surface area contributed by atoms with Gasteiger partial charge in [-0.25, -0.2) is 0 Å². The Labute approximate surface area is 142 Å². The molecular weight excluding hydrogens is 294 g/mol. The van der Waals surface area contributed by atoms with Crippen LogP contribution in [0, 0.1) is 64.2 Å². The zero-order valence-electron chi connectivity index (χ0n) is 15.3. The molecule has 3 nitrogen and oxygen atoms in total. The lowest BCUT2D eigenvalue weighted by Gasteiger charge is -2.11. The number of hydrogen-bond acceptors (Lipinski definition) is 2. The Hall–Kier alpha value is -2.78. The molecule has 3 heteroatoms. The van der Waals surface area contributed by atoms with E-state index in [1.54, 1.807) is 0 Å². The molecule has 0 amide bonds. The fraction of sp³-hybridized carbons (Fsp3) is 0.333. The van der Waals surface area contributed by atoms with Gasteiger partial charge in [0.05, 0.1) is 34.3 Å². The largest absolute Gasteiger partial charge is 0.343 e. The summed E-state index contributed by atoms with van der Waals surface area (Å²) in [6.07, 6.45) is 0. The third-order valence-corrected chi connectivity index (χ3v) is 5.70. The van der Waals surface area contributed by atoms with E-state index in [1.807, 2.05) is 27.7 Å². The van der Waals surface area contributed by atoms with Crippen LogP contribution in [-0.2, 0) is 7.05 Å². The first kappa shape index (κ1) is 16.1. The fourth-order valence-corrected chi connectivity index (χ4v) is 4.17. The average Bonchev–Trinajstić information content (AvgIpc) is 2.86. The zero-order valence-corrected chi connectivity index (χ0v) is 15.3. The van der Waals surface area contributed by atoms with Gasteiger partial charge in [-0.2, -0.15) is 10.5 Å². The molecule has 24 heavy (non-hydrogen) atoms. The molecule has 0 atom stereocenters. The van der Waals surface area contributed by atoms with Crippen LogP contribution in [0.3, 0.4) is 0 Å². The first-order valence-corrected chi connectivity index (χ1v) is 8.09. The lowest BCUT2D eigenvalue weighted by Crippen LogP contribution is -1.98. The Bertz CT molecular complexity index is 1040. The number of fused-ring (bicyclic) bond motifs is 3. The number of benzene rings is 2. The van der Waals surface area contributed by atoms with E-state index in [-0.39, 0.29) is 0 Å². The smallest absolute Gasteiger partial charge is 0.0997 e. The van der Waals surface area contributed by atoms with Crippen LogP contribution in [0.5, 0.6) is 0 Å². The van der Waals surface area contributed by atoms with Gasteiger partial charge in [0.25, 0.3) is 0 Å². The quantitative estimate of drug-likeness (QED) is 0.591. The Kier molecular flexibility index (Phi) is 3.43. The van der Waals surface area contributed by atoms with Crippen LogP contribution in [0.2, 0.25) is 0 Å². The highest BCUT2D eigenvalue weighted by Gasteiger charge is 2.23. The molecule has 3 aromatic rings. The van der Waals surface area contributed by atoms with Crippen molar-refractivity contribution >= 4 is 21.8 Å². The molecule has 0 saturated heterocycles. The molecule has 0 aliphatic rings. The van der Waals surface area contributed by atoms with Gasteiger partial charge in [-0.15, -0.1) is 0 Å². The number of rotatable bonds is 0. The first-order chi connectivity index (χ1) is 11.3. The summed E-state index contributed by atoms with van der Waals surface area (Å²) >= 11 is 0. The Morgan fingerprint density at radius 3 is 1.21 bits per heavy atom. The molecule has 0 N–H and O–H groups in total. The summed E-state index contributed by atoms with van der Waals surface area (Å²) in [4.78, 5) is 0. The SMILES string of the molecule is Cc1c(C#N)c(C)c2c3c(C)c(C#N)c(C)c(C)c3n(C)c2c1C. The van der Waals surface area contributed by atoms with Gasteiger partial charge in [0, 0.05) is 17.8 Å². The lowest BCUT2D eigenvalue weighted by molar-refractivity contribution is 0.996. The molecule has 1 heterocycles. The van der Waals surface area contributed by atoms with Gasteiger partial charge < -0.3 is 4.57 Å². The van der Waals surface area contributed by atoms with E-state index in [0.29, 0.717) is 0 Å². The fourth-order valence-electron chi connectivity index (χ4n) is 4.17. The standard InChI is InChI=1S/C21H21N3/c1-10-12(3)20-18(14(5)16(10)8-22)19-15(6)17(9-23)11(2)13(4)21(19)24(20)7/h1-7H3. The van der Waals surface area contributed by atoms with E-state index in [2.05, 4.69) is 37.6 Å². The van der Waals surface area contributed by atoms with E-state index >= 15 is 0 Å². The number of nitriles is 2. The van der Waals surface area contributed by atoms with E-state index in [4.69, 9.17) is 0 Å². The van der Waals surface area contributed by atoms with Crippen molar-refractivity contribution in [1.29, 1.82) is 10.5 Å². The molecule has 120 valence electrons. The molecule has 3 rings (SSSR count). The minimum Gasteiger partial charge on any atom is -0.343 e. The molecule has 1 aromatic heterocycles. The van der Waals surface area contributed by atoms with Crippen molar-refractivity contribution in [2.45, 2.75) is 41.5 Å². The van der Waals surface area contributed by atoms with Gasteiger partial charge in [-0.1, -0.05) is 0 Å². The van der Waals surface area contributed by atoms with Crippen molar-refractivity contribution < 1.29 is 0 Å². The Morgan fingerprint density at radius 1 is 0.583 bits per heavy atom. The predicted octanol–water partition coefficient (Wildman–Crippen LogP) is 4.93. The minimum atomic E-state index is 0.753. The maximum Gasteiger partial charge on any atom is 0.0997 e. The normalized spacial score (nSPS) is 11.0. The molecular formula is C21H21N3. The van der Waals surface area contributed by atoms with Gasteiger partial charge >= 0.3 is 0 Å². The molecule has 0 saturated carbocycles. The molecule has 0 aliphatic heterocycles. The summed E-state index contributed by atoms with van der Waals surface area (Å²) in [5, 5.41) is 21.5. The van der Waals surface area contributed by atoms with Crippen LogP contribution in [-0.4, -0.2) is 4.57 Å². The van der Waals surface area contributed by atoms with E-state index in [0.717, 1.165) is 55.3 Å². The maximum absolute atomic E-state index is 9.62. The first-order valence-electron chi connectivity index (χ1n) is 8.09. The molecule has 0 aliphatic carbocycles. The van der Waals surface area contributed by atoms with Crippen molar-refractivity contribution in [3.05, 3.63) is 44.5 Å². The predicted molar refractivity (Wildman–Crippen MR) is 98.3 cm³/mol. The van der Waals surface area contributed by atoms with Gasteiger partial charge in [0.1, 0.15) is 0 Å². The van der Waals surface area contributed by atoms with Crippen molar-refractivity contribution in [3.8, 4) is 12.1 Å². The second-order valence-electron chi connectivity index (χ2n) is 6.73. The summed E-state index contributed by atoms with van der Waals surface area (Å²) in [7, 11) is 2.08. The van der Waals surface area contributed by atoms with Crippen molar-refractivity contribution in [3.63, 3.8) is 0 Å². The summed E-state index contributed by atoms with van der Waals surface area (Å²) in [6, 6.07) is 4.74. The van der Waals surface area contributed by atoms with Crippen LogP contribution >= 0.6 is 0 Å². The zero-order chi connectivity index (χ0) is 17.9. The highest BCUT2D eigenvalue weighted by atomic mass is 14.9.